The van der Waals surface area contributed by atoms with E-state index in [0.29, 0.717) is 0 Å². The van der Waals surface area contributed by atoms with Crippen LogP contribution in [0.2, 0.25) is 0 Å². The van der Waals surface area contributed by atoms with Gasteiger partial charge < -0.3 is 4.74 Å². The quantitative estimate of drug-likeness (QED) is 0.543. The molecule has 0 saturated carbocycles. The molecular formula is C10H6F3NO2. The molecule has 0 N–H and O–H groups in total. The number of alkyl halides is 3. The molecule has 1 heterocycles. The van der Waals surface area contributed by atoms with E-state index >= 15 is 0 Å². The summed E-state index contributed by atoms with van der Waals surface area (Å²) in [4.78, 5) is 13.4. The summed E-state index contributed by atoms with van der Waals surface area (Å²) in [5.41, 5.74) is -1.02. The summed E-state index contributed by atoms with van der Waals surface area (Å²) in [6.07, 6.45) is -3.18. The van der Waals surface area contributed by atoms with E-state index in [4.69, 9.17) is 0 Å². The Balaban J connectivity index is 3.27. The van der Waals surface area contributed by atoms with Crippen molar-refractivity contribution in [2.24, 2.45) is 0 Å². The number of ether oxygens (including phenoxy) is 1. The van der Waals surface area contributed by atoms with Gasteiger partial charge in [0.1, 0.15) is 5.56 Å². The smallest absolute Gasteiger partial charge is 0.421 e. The first-order valence-corrected chi connectivity index (χ1v) is 4.05. The molecule has 0 aliphatic carbocycles. The number of aldehydes is 1. The molecule has 6 heteroatoms. The molecule has 0 saturated heterocycles. The number of aromatic nitrogens is 1. The molecule has 1 aromatic rings. The van der Waals surface area contributed by atoms with Crippen molar-refractivity contribution in [3.8, 4) is 17.7 Å². The fourth-order valence-corrected chi connectivity index (χ4v) is 0.999. The van der Waals surface area contributed by atoms with E-state index in [2.05, 4.69) is 15.6 Å². The minimum atomic E-state index is -4.57. The Kier molecular flexibility index (Phi) is 3.51. The highest BCUT2D eigenvalue weighted by Crippen LogP contribution is 2.35. The van der Waals surface area contributed by atoms with Crippen LogP contribution in [0.3, 0.4) is 0 Å². The molecule has 3 nitrogen and oxygen atoms in total. The van der Waals surface area contributed by atoms with E-state index < -0.39 is 17.6 Å². The molecule has 0 unspecified atom stereocenters. The maximum absolute atomic E-state index is 12.5. The topological polar surface area (TPSA) is 39.2 Å². The number of carbonyl (C=O) groups is 1. The van der Waals surface area contributed by atoms with Crippen LogP contribution in [-0.4, -0.2) is 18.4 Å². The van der Waals surface area contributed by atoms with Gasteiger partial charge in [0.2, 0.25) is 5.88 Å². The van der Waals surface area contributed by atoms with Gasteiger partial charge in [0.15, 0.2) is 6.29 Å². The summed E-state index contributed by atoms with van der Waals surface area (Å²) in [7, 11) is 1.09. The number of hydrogen-bond acceptors (Lipinski definition) is 3. The lowest BCUT2D eigenvalue weighted by Gasteiger charge is -2.10. The van der Waals surface area contributed by atoms with Crippen LogP contribution in [0.4, 0.5) is 13.2 Å². The van der Waals surface area contributed by atoms with Crippen molar-refractivity contribution in [1.29, 1.82) is 0 Å². The lowest BCUT2D eigenvalue weighted by molar-refractivity contribution is -0.139. The summed E-state index contributed by atoms with van der Waals surface area (Å²) in [5, 5.41) is 0. The van der Waals surface area contributed by atoms with E-state index in [0.717, 1.165) is 19.4 Å². The lowest BCUT2D eigenvalue weighted by atomic mass is 10.2. The number of nitrogens with zero attached hydrogens (tertiary/aromatic N) is 1. The van der Waals surface area contributed by atoms with Crippen molar-refractivity contribution in [2.45, 2.75) is 6.18 Å². The standard InChI is InChI=1S/C10H6F3NO2/c1-16-9-8(10(11,12)13)5-7(6-14-9)3-2-4-15/h4-6H,1H3. The van der Waals surface area contributed by atoms with Crippen LogP contribution < -0.4 is 4.74 Å². The van der Waals surface area contributed by atoms with Crippen LogP contribution in [0.1, 0.15) is 11.1 Å². The summed E-state index contributed by atoms with van der Waals surface area (Å²) in [5.74, 6) is 3.70. The zero-order chi connectivity index (χ0) is 12.2. The molecule has 0 spiro atoms. The maximum Gasteiger partial charge on any atom is 0.421 e. The lowest BCUT2D eigenvalue weighted by Crippen LogP contribution is -2.09. The van der Waals surface area contributed by atoms with E-state index in [1.807, 2.05) is 5.92 Å². The average Bonchev–Trinajstić information content (AvgIpc) is 2.24. The van der Waals surface area contributed by atoms with Gasteiger partial charge in [-0.1, -0.05) is 5.92 Å². The molecule has 0 bridgehead atoms. The van der Waals surface area contributed by atoms with E-state index in [9.17, 15) is 18.0 Å². The summed E-state index contributed by atoms with van der Waals surface area (Å²) in [6, 6.07) is 0.780. The van der Waals surface area contributed by atoms with Crippen LogP contribution >= 0.6 is 0 Å². The van der Waals surface area contributed by atoms with Gasteiger partial charge in [-0.15, -0.1) is 0 Å². The Morgan fingerprint density at radius 1 is 1.50 bits per heavy atom. The molecule has 84 valence electrons. The van der Waals surface area contributed by atoms with Crippen molar-refractivity contribution in [1.82, 2.24) is 4.98 Å². The van der Waals surface area contributed by atoms with E-state index in [1.165, 1.54) is 0 Å². The highest BCUT2D eigenvalue weighted by molar-refractivity contribution is 5.73. The molecule has 0 radical (unpaired) electrons. The predicted octanol–water partition coefficient (Wildman–Crippen LogP) is 1.66. The molecule has 0 aromatic carbocycles. The average molecular weight is 229 g/mol. The van der Waals surface area contributed by atoms with Gasteiger partial charge >= 0.3 is 6.18 Å². The van der Waals surface area contributed by atoms with Gasteiger partial charge in [-0.25, -0.2) is 4.98 Å². The summed E-state index contributed by atoms with van der Waals surface area (Å²) < 4.78 is 42.0. The summed E-state index contributed by atoms with van der Waals surface area (Å²) >= 11 is 0. The van der Waals surface area contributed by atoms with Crippen molar-refractivity contribution < 1.29 is 22.7 Å². The van der Waals surface area contributed by atoms with Gasteiger partial charge in [-0.2, -0.15) is 13.2 Å². The van der Waals surface area contributed by atoms with E-state index in [-0.39, 0.29) is 11.8 Å². The van der Waals surface area contributed by atoms with Gasteiger partial charge in [-0.3, -0.25) is 4.79 Å². The molecular weight excluding hydrogens is 223 g/mol. The molecule has 1 aromatic heterocycles. The third kappa shape index (κ3) is 2.73. The first kappa shape index (κ1) is 12.0. The minimum absolute atomic E-state index is 0.000208. The number of methoxy groups -OCH3 is 1. The van der Waals surface area contributed by atoms with Crippen LogP contribution in [0.5, 0.6) is 5.88 Å². The zero-order valence-electron chi connectivity index (χ0n) is 8.13. The van der Waals surface area contributed by atoms with Crippen LogP contribution in [-0.2, 0) is 11.0 Å². The largest absolute Gasteiger partial charge is 0.481 e. The van der Waals surface area contributed by atoms with Gasteiger partial charge in [0.05, 0.1) is 7.11 Å². The third-order valence-electron chi connectivity index (χ3n) is 1.63. The van der Waals surface area contributed by atoms with E-state index in [1.54, 1.807) is 0 Å². The molecule has 0 amide bonds. The fraction of sp³-hybridized carbons (Fsp3) is 0.200. The number of halogens is 3. The highest BCUT2D eigenvalue weighted by atomic mass is 19.4. The third-order valence-corrected chi connectivity index (χ3v) is 1.63. The first-order chi connectivity index (χ1) is 7.49. The summed E-state index contributed by atoms with van der Waals surface area (Å²) in [6.45, 7) is 0. The second-order valence-corrected chi connectivity index (χ2v) is 2.67. The number of hydrogen-bond donors (Lipinski definition) is 0. The number of carbonyl (C=O) groups excluding carboxylic acids is 1. The second-order valence-electron chi connectivity index (χ2n) is 2.67. The molecule has 0 fully saturated rings. The molecule has 0 aliphatic rings. The Hall–Kier alpha value is -2.03. The maximum atomic E-state index is 12.5. The Bertz CT molecular complexity index is 457. The van der Waals surface area contributed by atoms with Crippen molar-refractivity contribution in [2.75, 3.05) is 7.11 Å². The highest BCUT2D eigenvalue weighted by Gasteiger charge is 2.35. The van der Waals surface area contributed by atoms with Gasteiger partial charge in [-0.05, 0) is 12.0 Å². The zero-order valence-corrected chi connectivity index (χ0v) is 8.13. The molecule has 0 aliphatic heterocycles. The SMILES string of the molecule is COc1ncc(C#CC=O)cc1C(F)(F)F. The van der Waals surface area contributed by atoms with Crippen molar-refractivity contribution >= 4 is 6.29 Å². The minimum Gasteiger partial charge on any atom is -0.481 e. The van der Waals surface area contributed by atoms with Crippen molar-refractivity contribution in [3.05, 3.63) is 23.4 Å². The fourth-order valence-electron chi connectivity index (χ4n) is 0.999. The number of pyridine rings is 1. The normalized spacial score (nSPS) is 10.2. The van der Waals surface area contributed by atoms with Gasteiger partial charge in [0.25, 0.3) is 0 Å². The van der Waals surface area contributed by atoms with Crippen LogP contribution in [0, 0.1) is 11.8 Å². The molecule has 0 atom stereocenters. The Labute approximate surface area is 89.2 Å². The monoisotopic (exact) mass is 229 g/mol. The molecule has 1 rings (SSSR count). The number of rotatable bonds is 1. The van der Waals surface area contributed by atoms with Crippen LogP contribution in [0.25, 0.3) is 0 Å². The first-order valence-electron chi connectivity index (χ1n) is 4.05. The Morgan fingerprint density at radius 3 is 2.69 bits per heavy atom. The van der Waals surface area contributed by atoms with Crippen LogP contribution in [0.15, 0.2) is 12.3 Å². The second kappa shape index (κ2) is 4.66. The predicted molar refractivity (Wildman–Crippen MR) is 48.7 cm³/mol. The molecule has 16 heavy (non-hydrogen) atoms. The van der Waals surface area contributed by atoms with Crippen molar-refractivity contribution in [3.63, 3.8) is 0 Å². The van der Waals surface area contributed by atoms with Gasteiger partial charge in [0, 0.05) is 11.8 Å². The Morgan fingerprint density at radius 2 is 2.19 bits per heavy atom.